The molecular weight excluding hydrogens is 359 g/mol. The quantitative estimate of drug-likeness (QED) is 0.778. The molecule has 0 fully saturated rings. The smallest absolute Gasteiger partial charge is 0.267 e. The van der Waals surface area contributed by atoms with Gasteiger partial charge in [0.2, 0.25) is 0 Å². The van der Waals surface area contributed by atoms with E-state index in [4.69, 9.17) is 23.2 Å². The van der Waals surface area contributed by atoms with Crippen LogP contribution in [0.3, 0.4) is 0 Å². The van der Waals surface area contributed by atoms with E-state index in [1.807, 2.05) is 12.3 Å². The number of hydrogen-bond donors (Lipinski definition) is 1. The molecule has 1 amide bonds. The molecule has 0 aromatic carbocycles. The van der Waals surface area contributed by atoms with Crippen LogP contribution in [-0.2, 0) is 0 Å². The van der Waals surface area contributed by atoms with Gasteiger partial charge in [0.05, 0.1) is 21.4 Å². The molecule has 7 heteroatoms. The summed E-state index contributed by atoms with van der Waals surface area (Å²) >= 11 is 16.4. The standard InChI is InChI=1S/C11H7BrCl2N2OS/c1-5-4-18-9(8(5)13)11(17)16-6-2-7(12)10(14)15-3-6/h2-4H,1H3,(H,16,17). The predicted octanol–water partition coefficient (Wildman–Crippen LogP) is 4.77. The van der Waals surface area contributed by atoms with Crippen LogP contribution >= 0.6 is 50.5 Å². The van der Waals surface area contributed by atoms with Crippen molar-refractivity contribution in [3.05, 3.63) is 42.7 Å². The molecule has 0 saturated heterocycles. The largest absolute Gasteiger partial charge is 0.320 e. The van der Waals surface area contributed by atoms with Gasteiger partial charge in [-0.2, -0.15) is 0 Å². The van der Waals surface area contributed by atoms with Crippen LogP contribution in [0.15, 0.2) is 22.1 Å². The number of nitrogens with zero attached hydrogens (tertiary/aromatic N) is 1. The molecule has 0 aliphatic carbocycles. The number of halogens is 3. The van der Waals surface area contributed by atoms with Gasteiger partial charge in [-0.25, -0.2) is 4.98 Å². The Morgan fingerprint density at radius 2 is 2.22 bits per heavy atom. The van der Waals surface area contributed by atoms with Crippen LogP contribution in [0.25, 0.3) is 0 Å². The van der Waals surface area contributed by atoms with Gasteiger partial charge in [-0.3, -0.25) is 4.79 Å². The fourth-order valence-electron chi connectivity index (χ4n) is 1.26. The highest BCUT2D eigenvalue weighted by molar-refractivity contribution is 9.10. The van der Waals surface area contributed by atoms with Gasteiger partial charge in [-0.05, 0) is 39.9 Å². The van der Waals surface area contributed by atoms with E-state index in [1.165, 1.54) is 17.5 Å². The lowest BCUT2D eigenvalue weighted by Crippen LogP contribution is -2.11. The summed E-state index contributed by atoms with van der Waals surface area (Å²) in [4.78, 5) is 16.4. The molecule has 0 aliphatic heterocycles. The van der Waals surface area contributed by atoms with Crippen LogP contribution in [0.2, 0.25) is 10.2 Å². The monoisotopic (exact) mass is 364 g/mol. The molecule has 0 saturated carbocycles. The number of thiophene rings is 1. The maximum atomic E-state index is 12.0. The van der Waals surface area contributed by atoms with Crippen LogP contribution in [0, 0.1) is 6.92 Å². The van der Waals surface area contributed by atoms with Gasteiger partial charge in [0.25, 0.3) is 5.91 Å². The van der Waals surface area contributed by atoms with Crippen molar-refractivity contribution in [2.75, 3.05) is 5.32 Å². The Balaban J connectivity index is 2.21. The summed E-state index contributed by atoms with van der Waals surface area (Å²) in [7, 11) is 0. The molecule has 3 nitrogen and oxygen atoms in total. The first-order valence-electron chi connectivity index (χ1n) is 4.85. The van der Waals surface area contributed by atoms with Gasteiger partial charge in [0.1, 0.15) is 10.0 Å². The molecule has 0 spiro atoms. The van der Waals surface area contributed by atoms with E-state index in [2.05, 4.69) is 26.2 Å². The molecule has 2 aromatic heterocycles. The van der Waals surface area contributed by atoms with Gasteiger partial charge in [0.15, 0.2) is 0 Å². The summed E-state index contributed by atoms with van der Waals surface area (Å²) in [6.45, 7) is 1.86. The van der Waals surface area contributed by atoms with Crippen molar-refractivity contribution < 1.29 is 4.79 Å². The minimum atomic E-state index is -0.255. The molecule has 0 radical (unpaired) electrons. The lowest BCUT2D eigenvalue weighted by Gasteiger charge is -2.05. The highest BCUT2D eigenvalue weighted by Gasteiger charge is 2.15. The fraction of sp³-hybridized carbons (Fsp3) is 0.0909. The second kappa shape index (κ2) is 5.57. The summed E-state index contributed by atoms with van der Waals surface area (Å²) in [6, 6.07) is 1.68. The van der Waals surface area contributed by atoms with Gasteiger partial charge in [0, 0.05) is 0 Å². The van der Waals surface area contributed by atoms with Crippen LogP contribution in [-0.4, -0.2) is 10.9 Å². The minimum absolute atomic E-state index is 0.255. The van der Waals surface area contributed by atoms with Crippen molar-refractivity contribution in [1.29, 1.82) is 0 Å². The van der Waals surface area contributed by atoms with E-state index < -0.39 is 0 Å². The Kier molecular flexibility index (Phi) is 4.27. The molecule has 18 heavy (non-hydrogen) atoms. The molecule has 0 aliphatic rings. The summed E-state index contributed by atoms with van der Waals surface area (Å²) in [6.07, 6.45) is 1.49. The van der Waals surface area contributed by atoms with Gasteiger partial charge < -0.3 is 5.32 Å². The van der Waals surface area contributed by atoms with Gasteiger partial charge >= 0.3 is 0 Å². The third-order valence-electron chi connectivity index (χ3n) is 2.16. The number of pyridine rings is 1. The maximum Gasteiger partial charge on any atom is 0.267 e. The molecule has 2 heterocycles. The van der Waals surface area contributed by atoms with E-state index in [-0.39, 0.29) is 5.91 Å². The zero-order valence-corrected chi connectivity index (χ0v) is 13.0. The lowest BCUT2D eigenvalue weighted by molar-refractivity contribution is 0.103. The van der Waals surface area contributed by atoms with E-state index in [0.29, 0.717) is 25.2 Å². The number of aryl methyl sites for hydroxylation is 1. The third kappa shape index (κ3) is 2.85. The highest BCUT2D eigenvalue weighted by atomic mass is 79.9. The second-order valence-corrected chi connectivity index (χ2v) is 5.98. The van der Waals surface area contributed by atoms with Crippen molar-refractivity contribution >= 4 is 62.1 Å². The number of carbonyl (C=O) groups is 1. The van der Waals surface area contributed by atoms with Gasteiger partial charge in [-0.15, -0.1) is 11.3 Å². The SMILES string of the molecule is Cc1csc(C(=O)Nc2cnc(Cl)c(Br)c2)c1Cl. The number of amides is 1. The van der Waals surface area contributed by atoms with Crippen molar-refractivity contribution in [3.8, 4) is 0 Å². The van der Waals surface area contributed by atoms with E-state index in [0.717, 1.165) is 5.56 Å². The number of aromatic nitrogens is 1. The lowest BCUT2D eigenvalue weighted by atomic mass is 10.3. The number of nitrogens with one attached hydrogen (secondary N) is 1. The predicted molar refractivity (Wildman–Crippen MR) is 79.0 cm³/mol. The topological polar surface area (TPSA) is 42.0 Å². The van der Waals surface area contributed by atoms with Crippen LogP contribution < -0.4 is 5.32 Å². The van der Waals surface area contributed by atoms with E-state index >= 15 is 0 Å². The van der Waals surface area contributed by atoms with E-state index in [9.17, 15) is 4.79 Å². The summed E-state index contributed by atoms with van der Waals surface area (Å²) in [5.74, 6) is -0.255. The fourth-order valence-corrected chi connectivity index (χ4v) is 2.89. The molecule has 0 unspecified atom stereocenters. The average Bonchev–Trinajstić information content (AvgIpc) is 2.65. The zero-order valence-electron chi connectivity index (χ0n) is 9.13. The molecule has 1 N–H and O–H groups in total. The summed E-state index contributed by atoms with van der Waals surface area (Å²) in [5, 5.41) is 5.39. The molecule has 2 rings (SSSR count). The molecule has 2 aromatic rings. The van der Waals surface area contributed by atoms with Crippen molar-refractivity contribution in [2.45, 2.75) is 6.92 Å². The van der Waals surface area contributed by atoms with Crippen LogP contribution in [0.1, 0.15) is 15.2 Å². The molecule has 0 bridgehead atoms. The first kappa shape index (κ1) is 13.8. The Morgan fingerprint density at radius 1 is 1.50 bits per heavy atom. The Bertz CT molecular complexity index is 615. The molecular formula is C11H7BrCl2N2OS. The first-order valence-corrected chi connectivity index (χ1v) is 7.28. The number of hydrogen-bond acceptors (Lipinski definition) is 3. The number of anilines is 1. The zero-order chi connectivity index (χ0) is 13.3. The summed E-state index contributed by atoms with van der Waals surface area (Å²) < 4.78 is 0.621. The first-order chi connectivity index (χ1) is 8.49. The van der Waals surface area contributed by atoms with Crippen molar-refractivity contribution in [3.63, 3.8) is 0 Å². The number of rotatable bonds is 2. The third-order valence-corrected chi connectivity index (χ3v) is 4.99. The van der Waals surface area contributed by atoms with E-state index in [1.54, 1.807) is 6.07 Å². The molecule has 0 atom stereocenters. The van der Waals surface area contributed by atoms with Crippen LogP contribution in [0.5, 0.6) is 0 Å². The summed E-state index contributed by atoms with van der Waals surface area (Å²) in [5.41, 5.74) is 1.45. The van der Waals surface area contributed by atoms with Crippen molar-refractivity contribution in [2.24, 2.45) is 0 Å². The Hall–Kier alpha value is -0.620. The second-order valence-electron chi connectivity index (χ2n) is 3.51. The average molecular weight is 366 g/mol. The normalized spacial score (nSPS) is 10.4. The highest BCUT2D eigenvalue weighted by Crippen LogP contribution is 2.28. The molecule has 94 valence electrons. The Labute approximate surface area is 126 Å². The van der Waals surface area contributed by atoms with Crippen LogP contribution in [0.4, 0.5) is 5.69 Å². The van der Waals surface area contributed by atoms with Gasteiger partial charge in [-0.1, -0.05) is 23.2 Å². The minimum Gasteiger partial charge on any atom is -0.320 e. The van der Waals surface area contributed by atoms with Crippen molar-refractivity contribution in [1.82, 2.24) is 4.98 Å². The number of carbonyl (C=O) groups excluding carboxylic acids is 1. The Morgan fingerprint density at radius 3 is 2.78 bits per heavy atom. The maximum absolute atomic E-state index is 12.0.